The Morgan fingerprint density at radius 3 is 2.33 bits per heavy atom. The van der Waals surface area contributed by atoms with E-state index in [4.69, 9.17) is 21.1 Å². The quantitative estimate of drug-likeness (QED) is 0.808. The molecule has 0 aromatic heterocycles. The Morgan fingerprint density at radius 2 is 1.67 bits per heavy atom. The van der Waals surface area contributed by atoms with Gasteiger partial charge in [-0.3, -0.25) is 4.79 Å². The zero-order chi connectivity index (χ0) is 17.5. The van der Waals surface area contributed by atoms with Gasteiger partial charge >= 0.3 is 5.97 Å². The normalized spacial score (nSPS) is 10.1. The van der Waals surface area contributed by atoms with Crippen molar-refractivity contribution >= 4 is 29.2 Å². The minimum Gasteiger partial charge on any atom is -0.482 e. The highest BCUT2D eigenvalue weighted by molar-refractivity contribution is 6.33. The van der Waals surface area contributed by atoms with Crippen LogP contribution in [0.2, 0.25) is 5.02 Å². The van der Waals surface area contributed by atoms with Crippen molar-refractivity contribution < 1.29 is 27.8 Å². The second-order valence-corrected chi connectivity index (χ2v) is 4.98. The van der Waals surface area contributed by atoms with Crippen LogP contribution in [0.15, 0.2) is 42.5 Å². The number of anilines is 1. The number of benzene rings is 2. The zero-order valence-corrected chi connectivity index (χ0v) is 13.0. The number of carbonyl (C=O) groups is 2. The first-order valence-electron chi connectivity index (χ1n) is 6.73. The Morgan fingerprint density at radius 1 is 1.00 bits per heavy atom. The number of carbonyl (C=O) groups excluding carboxylic acids is 2. The largest absolute Gasteiger partial charge is 0.482 e. The molecule has 2 rings (SSSR count). The monoisotopic (exact) mass is 355 g/mol. The molecular formula is C16H12ClF2NO4. The number of ether oxygens (including phenoxy) is 2. The number of amides is 1. The molecule has 1 amide bonds. The van der Waals surface area contributed by atoms with Gasteiger partial charge in [0.05, 0.1) is 10.7 Å². The van der Waals surface area contributed by atoms with Crippen molar-refractivity contribution in [1.29, 1.82) is 0 Å². The lowest BCUT2D eigenvalue weighted by Crippen LogP contribution is -2.23. The molecule has 0 saturated heterocycles. The highest BCUT2D eigenvalue weighted by Crippen LogP contribution is 2.22. The summed E-state index contributed by atoms with van der Waals surface area (Å²) in [6.45, 7) is -0.991. The second-order valence-electron chi connectivity index (χ2n) is 4.58. The maximum Gasteiger partial charge on any atom is 0.344 e. The second kappa shape index (κ2) is 8.26. The van der Waals surface area contributed by atoms with Gasteiger partial charge in [-0.15, -0.1) is 0 Å². The van der Waals surface area contributed by atoms with Gasteiger partial charge < -0.3 is 14.8 Å². The van der Waals surface area contributed by atoms with Gasteiger partial charge in [0.1, 0.15) is 17.4 Å². The number of hydrogen-bond donors (Lipinski definition) is 1. The highest BCUT2D eigenvalue weighted by Gasteiger charge is 2.11. The Labute approximate surface area is 141 Å². The van der Waals surface area contributed by atoms with E-state index >= 15 is 0 Å². The zero-order valence-electron chi connectivity index (χ0n) is 12.2. The van der Waals surface area contributed by atoms with E-state index in [1.165, 1.54) is 30.3 Å². The van der Waals surface area contributed by atoms with Crippen LogP contribution in [0, 0.1) is 11.6 Å². The molecule has 0 aliphatic carbocycles. The van der Waals surface area contributed by atoms with E-state index in [9.17, 15) is 18.4 Å². The minimum atomic E-state index is -0.778. The molecule has 0 heterocycles. The lowest BCUT2D eigenvalue weighted by atomic mass is 10.3. The van der Waals surface area contributed by atoms with E-state index in [-0.39, 0.29) is 16.5 Å². The molecule has 0 radical (unpaired) electrons. The van der Waals surface area contributed by atoms with Crippen LogP contribution in [0.5, 0.6) is 5.75 Å². The molecule has 24 heavy (non-hydrogen) atoms. The van der Waals surface area contributed by atoms with Crippen LogP contribution in [0.3, 0.4) is 0 Å². The average molecular weight is 356 g/mol. The fourth-order valence-corrected chi connectivity index (χ4v) is 1.85. The van der Waals surface area contributed by atoms with Crippen molar-refractivity contribution in [3.63, 3.8) is 0 Å². The van der Waals surface area contributed by atoms with Crippen molar-refractivity contribution in [3.8, 4) is 5.75 Å². The van der Waals surface area contributed by atoms with Gasteiger partial charge in [0.2, 0.25) is 0 Å². The lowest BCUT2D eigenvalue weighted by Gasteiger charge is -2.09. The highest BCUT2D eigenvalue weighted by atomic mass is 35.5. The molecule has 0 unspecified atom stereocenters. The third-order valence-electron chi connectivity index (χ3n) is 2.74. The van der Waals surface area contributed by atoms with Gasteiger partial charge in [0, 0.05) is 0 Å². The number of nitrogens with one attached hydrogen (secondary N) is 1. The Hall–Kier alpha value is -2.67. The molecule has 8 heteroatoms. The molecule has 2 aromatic carbocycles. The summed E-state index contributed by atoms with van der Waals surface area (Å²) in [6, 6.07) is 8.53. The van der Waals surface area contributed by atoms with E-state index < -0.39 is 36.7 Å². The van der Waals surface area contributed by atoms with Gasteiger partial charge in [-0.1, -0.05) is 11.6 Å². The number of rotatable bonds is 6. The van der Waals surface area contributed by atoms with E-state index in [0.717, 1.165) is 12.1 Å². The summed E-state index contributed by atoms with van der Waals surface area (Å²) in [4.78, 5) is 23.1. The van der Waals surface area contributed by atoms with E-state index in [2.05, 4.69) is 5.32 Å². The van der Waals surface area contributed by atoms with E-state index in [1.54, 1.807) is 0 Å². The lowest BCUT2D eigenvalue weighted by molar-refractivity contribution is -0.149. The maximum atomic E-state index is 12.9. The first-order valence-corrected chi connectivity index (χ1v) is 7.11. The van der Waals surface area contributed by atoms with Gasteiger partial charge in [-0.25, -0.2) is 13.6 Å². The van der Waals surface area contributed by atoms with Crippen molar-refractivity contribution in [1.82, 2.24) is 0 Å². The molecule has 0 saturated carbocycles. The predicted octanol–water partition coefficient (Wildman–Crippen LogP) is 3.18. The van der Waals surface area contributed by atoms with E-state index in [1.807, 2.05) is 0 Å². The van der Waals surface area contributed by atoms with Crippen molar-refractivity contribution in [2.75, 3.05) is 18.5 Å². The fourth-order valence-electron chi connectivity index (χ4n) is 1.64. The summed E-state index contributed by atoms with van der Waals surface area (Å²) >= 11 is 5.76. The topological polar surface area (TPSA) is 64.6 Å². The van der Waals surface area contributed by atoms with Crippen LogP contribution in [0.4, 0.5) is 14.5 Å². The molecule has 0 atom stereocenters. The molecule has 0 spiro atoms. The van der Waals surface area contributed by atoms with Gasteiger partial charge in [-0.05, 0) is 42.5 Å². The van der Waals surface area contributed by atoms with Crippen LogP contribution in [0.1, 0.15) is 0 Å². The molecular weight excluding hydrogens is 344 g/mol. The Balaban J connectivity index is 1.74. The molecule has 126 valence electrons. The number of esters is 1. The van der Waals surface area contributed by atoms with Gasteiger partial charge in [-0.2, -0.15) is 0 Å². The molecule has 0 aliphatic heterocycles. The van der Waals surface area contributed by atoms with Gasteiger partial charge in [0.15, 0.2) is 13.2 Å². The van der Waals surface area contributed by atoms with Crippen LogP contribution >= 0.6 is 11.6 Å². The third kappa shape index (κ3) is 5.51. The third-order valence-corrected chi connectivity index (χ3v) is 3.05. The molecule has 0 fully saturated rings. The predicted molar refractivity (Wildman–Crippen MR) is 82.9 cm³/mol. The standard InChI is InChI=1S/C16H12ClF2NO4/c17-13-7-11(19)3-6-14(13)20-15(21)8-24-16(22)9-23-12-4-1-10(18)2-5-12/h1-7H,8-9H2,(H,20,21). The van der Waals surface area contributed by atoms with Crippen molar-refractivity contribution in [2.45, 2.75) is 0 Å². The minimum absolute atomic E-state index is 0.0225. The molecule has 0 bridgehead atoms. The van der Waals surface area contributed by atoms with Gasteiger partial charge in [0.25, 0.3) is 5.91 Å². The van der Waals surface area contributed by atoms with Crippen molar-refractivity contribution in [3.05, 3.63) is 59.1 Å². The summed E-state index contributed by atoms with van der Waals surface area (Å²) in [5, 5.41) is 2.40. The van der Waals surface area contributed by atoms with Crippen LogP contribution in [-0.2, 0) is 14.3 Å². The molecule has 0 aliphatic rings. The van der Waals surface area contributed by atoms with E-state index in [0.29, 0.717) is 0 Å². The molecule has 5 nitrogen and oxygen atoms in total. The van der Waals surface area contributed by atoms with Crippen LogP contribution < -0.4 is 10.1 Å². The molecule has 2 aromatic rings. The maximum absolute atomic E-state index is 12.9. The SMILES string of the molecule is O=C(COC(=O)COc1ccc(F)cc1)Nc1ccc(F)cc1Cl. The summed E-state index contributed by atoms with van der Waals surface area (Å²) in [5.74, 6) is -2.10. The van der Waals surface area contributed by atoms with Crippen LogP contribution in [0.25, 0.3) is 0 Å². The van der Waals surface area contributed by atoms with Crippen molar-refractivity contribution in [2.24, 2.45) is 0 Å². The first kappa shape index (κ1) is 17.7. The first-order chi connectivity index (χ1) is 11.4. The Bertz CT molecular complexity index is 737. The summed E-state index contributed by atoms with van der Waals surface area (Å²) < 4.78 is 35.4. The summed E-state index contributed by atoms with van der Waals surface area (Å²) in [6.07, 6.45) is 0. The smallest absolute Gasteiger partial charge is 0.344 e. The summed E-state index contributed by atoms with van der Waals surface area (Å²) in [7, 11) is 0. The van der Waals surface area contributed by atoms with Crippen LogP contribution in [-0.4, -0.2) is 25.1 Å². The molecule has 1 N–H and O–H groups in total. The summed E-state index contributed by atoms with van der Waals surface area (Å²) in [5.41, 5.74) is 0.196. The Kier molecular flexibility index (Phi) is 6.08. The number of hydrogen-bond acceptors (Lipinski definition) is 4. The fraction of sp³-hybridized carbons (Fsp3) is 0.125. The number of halogens is 3. The average Bonchev–Trinajstić information content (AvgIpc) is 2.55.